The molecule has 2 aliphatic rings. The summed E-state index contributed by atoms with van der Waals surface area (Å²) in [5.41, 5.74) is 6.25. The molecule has 2 fully saturated rings. The molecule has 0 spiro atoms. The summed E-state index contributed by atoms with van der Waals surface area (Å²) in [6.07, 6.45) is 6.55. The molecule has 2 saturated carbocycles. The van der Waals surface area contributed by atoms with Crippen molar-refractivity contribution in [1.82, 2.24) is 5.32 Å². The number of nitrogens with one attached hydrogen (secondary N) is 1. The van der Waals surface area contributed by atoms with Gasteiger partial charge in [0, 0.05) is 11.6 Å². The summed E-state index contributed by atoms with van der Waals surface area (Å²) < 4.78 is 25.1. The van der Waals surface area contributed by atoms with Crippen molar-refractivity contribution in [2.24, 2.45) is 11.7 Å². The molecule has 0 saturated heterocycles. The van der Waals surface area contributed by atoms with Crippen LogP contribution in [0.2, 0.25) is 0 Å². The van der Waals surface area contributed by atoms with Crippen molar-refractivity contribution in [3.8, 4) is 0 Å². The van der Waals surface area contributed by atoms with E-state index >= 15 is 0 Å². The standard InChI is InChI=1S/C18H26N2O3S.ClH/c19-12-14-4-3-7-17(14)20-18(21)13-8-10-16(11-9-13)24(22,23)15-5-1-2-6-15;/h8-11,14-15,17H,1-7,12,19H2,(H,20,21);1H. The van der Waals surface area contributed by atoms with Gasteiger partial charge in [0.2, 0.25) is 0 Å². The van der Waals surface area contributed by atoms with E-state index in [0.29, 0.717) is 22.9 Å². The average molecular weight is 387 g/mol. The molecule has 0 aromatic heterocycles. The second-order valence-corrected chi connectivity index (χ2v) is 9.21. The van der Waals surface area contributed by atoms with Gasteiger partial charge < -0.3 is 11.1 Å². The third kappa shape index (κ3) is 4.36. The normalized spacial score (nSPS) is 24.0. The molecule has 2 unspecified atom stereocenters. The molecule has 0 bridgehead atoms. The summed E-state index contributed by atoms with van der Waals surface area (Å²) >= 11 is 0. The predicted molar refractivity (Wildman–Crippen MR) is 101 cm³/mol. The van der Waals surface area contributed by atoms with Crippen molar-refractivity contribution in [2.75, 3.05) is 6.54 Å². The van der Waals surface area contributed by atoms with Gasteiger partial charge in [-0.25, -0.2) is 8.42 Å². The summed E-state index contributed by atoms with van der Waals surface area (Å²) in [5.74, 6) is 0.195. The zero-order chi connectivity index (χ0) is 17.2. The Balaban J connectivity index is 0.00000225. The minimum absolute atomic E-state index is 0. The lowest BCUT2D eigenvalue weighted by Gasteiger charge is -2.19. The van der Waals surface area contributed by atoms with E-state index < -0.39 is 9.84 Å². The summed E-state index contributed by atoms with van der Waals surface area (Å²) in [5, 5.41) is 2.78. The van der Waals surface area contributed by atoms with Gasteiger partial charge in [-0.05, 0) is 62.4 Å². The SMILES string of the molecule is Cl.NCC1CCCC1NC(=O)c1ccc(S(=O)(=O)C2CCCC2)cc1. The number of carbonyl (C=O) groups excluding carboxylic acids is 1. The van der Waals surface area contributed by atoms with Crippen LogP contribution in [0.3, 0.4) is 0 Å². The minimum Gasteiger partial charge on any atom is -0.349 e. The maximum absolute atomic E-state index is 12.6. The monoisotopic (exact) mass is 386 g/mol. The second kappa shape index (κ2) is 8.52. The van der Waals surface area contributed by atoms with Crippen molar-refractivity contribution < 1.29 is 13.2 Å². The molecule has 0 aliphatic heterocycles. The Morgan fingerprint density at radius 2 is 1.68 bits per heavy atom. The van der Waals surface area contributed by atoms with E-state index in [-0.39, 0.29) is 29.6 Å². The van der Waals surface area contributed by atoms with Crippen LogP contribution in [0.25, 0.3) is 0 Å². The van der Waals surface area contributed by atoms with Crippen LogP contribution in [-0.2, 0) is 9.84 Å². The largest absolute Gasteiger partial charge is 0.349 e. The predicted octanol–water partition coefficient (Wildman–Crippen LogP) is 2.68. The lowest BCUT2D eigenvalue weighted by molar-refractivity contribution is 0.0928. The molecule has 25 heavy (non-hydrogen) atoms. The molecule has 140 valence electrons. The van der Waals surface area contributed by atoms with E-state index in [4.69, 9.17) is 5.73 Å². The fraction of sp³-hybridized carbons (Fsp3) is 0.611. The van der Waals surface area contributed by atoms with Gasteiger partial charge in [-0.1, -0.05) is 19.3 Å². The van der Waals surface area contributed by atoms with Crippen molar-refractivity contribution >= 4 is 28.2 Å². The highest BCUT2D eigenvalue weighted by molar-refractivity contribution is 7.92. The van der Waals surface area contributed by atoms with Gasteiger partial charge in [-0.3, -0.25) is 4.79 Å². The van der Waals surface area contributed by atoms with Crippen LogP contribution >= 0.6 is 12.4 Å². The number of sulfone groups is 1. The topological polar surface area (TPSA) is 89.3 Å². The van der Waals surface area contributed by atoms with Crippen LogP contribution in [0.1, 0.15) is 55.3 Å². The maximum Gasteiger partial charge on any atom is 0.251 e. The molecule has 1 aromatic carbocycles. The molecule has 2 aliphatic carbocycles. The van der Waals surface area contributed by atoms with Gasteiger partial charge >= 0.3 is 0 Å². The van der Waals surface area contributed by atoms with Crippen LogP contribution in [0, 0.1) is 5.92 Å². The van der Waals surface area contributed by atoms with E-state index in [9.17, 15) is 13.2 Å². The van der Waals surface area contributed by atoms with Gasteiger partial charge in [-0.2, -0.15) is 0 Å². The highest BCUT2D eigenvalue weighted by atomic mass is 35.5. The van der Waals surface area contributed by atoms with Gasteiger partial charge in [0.15, 0.2) is 9.84 Å². The quantitative estimate of drug-likeness (QED) is 0.814. The minimum atomic E-state index is -3.26. The third-order valence-corrected chi connectivity index (χ3v) is 7.74. The Labute approximate surface area is 156 Å². The van der Waals surface area contributed by atoms with E-state index in [1.807, 2.05) is 0 Å². The summed E-state index contributed by atoms with van der Waals surface area (Å²) in [6, 6.07) is 6.49. The van der Waals surface area contributed by atoms with Gasteiger partial charge in [0.05, 0.1) is 10.1 Å². The molecule has 7 heteroatoms. The highest BCUT2D eigenvalue weighted by Gasteiger charge is 2.31. The fourth-order valence-electron chi connectivity index (χ4n) is 3.95. The van der Waals surface area contributed by atoms with Crippen molar-refractivity contribution in [3.63, 3.8) is 0 Å². The molecule has 3 N–H and O–H groups in total. The Bertz CT molecular complexity index is 685. The number of carbonyl (C=O) groups is 1. The first-order chi connectivity index (χ1) is 11.5. The number of rotatable bonds is 5. The zero-order valence-electron chi connectivity index (χ0n) is 14.3. The number of amides is 1. The number of nitrogens with two attached hydrogens (primary N) is 1. The molecule has 1 aromatic rings. The van der Waals surface area contributed by atoms with E-state index in [0.717, 1.165) is 44.9 Å². The molecule has 5 nitrogen and oxygen atoms in total. The second-order valence-electron chi connectivity index (χ2n) is 6.98. The summed E-state index contributed by atoms with van der Waals surface area (Å²) in [4.78, 5) is 12.7. The lowest BCUT2D eigenvalue weighted by atomic mass is 10.0. The fourth-order valence-corrected chi connectivity index (χ4v) is 5.80. The Hall–Kier alpha value is -1.11. The first-order valence-corrected chi connectivity index (χ1v) is 10.4. The van der Waals surface area contributed by atoms with Crippen LogP contribution in [0.5, 0.6) is 0 Å². The van der Waals surface area contributed by atoms with Crippen molar-refractivity contribution in [2.45, 2.75) is 61.1 Å². The van der Waals surface area contributed by atoms with Crippen LogP contribution < -0.4 is 11.1 Å². The number of benzene rings is 1. The Morgan fingerprint density at radius 3 is 2.28 bits per heavy atom. The number of hydrogen-bond acceptors (Lipinski definition) is 4. The lowest BCUT2D eigenvalue weighted by Crippen LogP contribution is -2.39. The molecule has 0 radical (unpaired) electrons. The van der Waals surface area contributed by atoms with E-state index in [1.54, 1.807) is 24.3 Å². The zero-order valence-corrected chi connectivity index (χ0v) is 15.9. The molecular weight excluding hydrogens is 360 g/mol. The van der Waals surface area contributed by atoms with Crippen molar-refractivity contribution in [1.29, 1.82) is 0 Å². The summed E-state index contributed by atoms with van der Waals surface area (Å²) in [7, 11) is -3.26. The summed E-state index contributed by atoms with van der Waals surface area (Å²) in [6.45, 7) is 0.587. The van der Waals surface area contributed by atoms with Gasteiger partial charge in [0.25, 0.3) is 5.91 Å². The van der Waals surface area contributed by atoms with E-state index in [1.165, 1.54) is 0 Å². The molecule has 2 atom stereocenters. The first-order valence-electron chi connectivity index (χ1n) is 8.87. The maximum atomic E-state index is 12.6. The van der Waals surface area contributed by atoms with Crippen LogP contribution in [0.4, 0.5) is 0 Å². The molecular formula is C18H27ClN2O3S. The Kier molecular flexibility index (Phi) is 6.88. The first kappa shape index (κ1) is 20.2. The Morgan fingerprint density at radius 1 is 1.04 bits per heavy atom. The molecule has 3 rings (SSSR count). The van der Waals surface area contributed by atoms with Gasteiger partial charge in [-0.15, -0.1) is 12.4 Å². The van der Waals surface area contributed by atoms with Crippen LogP contribution in [-0.4, -0.2) is 32.2 Å². The third-order valence-electron chi connectivity index (χ3n) is 5.46. The van der Waals surface area contributed by atoms with E-state index in [2.05, 4.69) is 5.32 Å². The molecule has 1 amide bonds. The molecule has 0 heterocycles. The number of halogens is 1. The highest BCUT2D eigenvalue weighted by Crippen LogP contribution is 2.30. The smallest absolute Gasteiger partial charge is 0.251 e. The average Bonchev–Trinajstić information content (AvgIpc) is 3.26. The van der Waals surface area contributed by atoms with Crippen LogP contribution in [0.15, 0.2) is 29.2 Å². The number of hydrogen-bond donors (Lipinski definition) is 2. The van der Waals surface area contributed by atoms with Gasteiger partial charge in [0.1, 0.15) is 0 Å². The van der Waals surface area contributed by atoms with Crippen molar-refractivity contribution in [3.05, 3.63) is 29.8 Å².